The van der Waals surface area contributed by atoms with Crippen LogP contribution in [-0.2, 0) is 0 Å². The molecule has 138 valence electrons. The van der Waals surface area contributed by atoms with Gasteiger partial charge in [0, 0.05) is 16.3 Å². The normalized spacial score (nSPS) is 15.8. The van der Waals surface area contributed by atoms with Crippen molar-refractivity contribution in [3.63, 3.8) is 0 Å². The maximum atomic E-state index is 14.8. The van der Waals surface area contributed by atoms with E-state index in [1.807, 2.05) is 34.9 Å². The van der Waals surface area contributed by atoms with Gasteiger partial charge in [0.1, 0.15) is 11.6 Å². The van der Waals surface area contributed by atoms with Crippen molar-refractivity contribution in [2.45, 2.75) is 6.04 Å². The van der Waals surface area contributed by atoms with E-state index in [1.54, 1.807) is 24.3 Å². The second-order valence-corrected chi connectivity index (χ2v) is 6.99. The molecule has 3 aromatic carbocycles. The van der Waals surface area contributed by atoms with Gasteiger partial charge in [0.25, 0.3) is 0 Å². The van der Waals surface area contributed by atoms with Gasteiger partial charge in [0.15, 0.2) is 0 Å². The van der Waals surface area contributed by atoms with Gasteiger partial charge in [-0.05, 0) is 60.2 Å². The van der Waals surface area contributed by atoms with Crippen molar-refractivity contribution < 1.29 is 8.78 Å². The number of hydrogen-bond acceptors (Lipinski definition) is 2. The number of nitrogens with one attached hydrogen (secondary N) is 1. The van der Waals surface area contributed by atoms with Crippen LogP contribution in [0.15, 0.2) is 72.8 Å². The molecule has 6 heteroatoms. The van der Waals surface area contributed by atoms with Crippen LogP contribution in [0.4, 0.5) is 14.7 Å². The predicted molar refractivity (Wildman–Crippen MR) is 107 cm³/mol. The van der Waals surface area contributed by atoms with E-state index in [2.05, 4.69) is 10.3 Å². The van der Waals surface area contributed by atoms with Gasteiger partial charge in [0.05, 0.1) is 17.1 Å². The number of allylic oxidation sites excluding steroid dienone is 1. The average Bonchev–Trinajstić information content (AvgIpc) is 3.07. The van der Waals surface area contributed by atoms with Crippen molar-refractivity contribution in [3.05, 3.63) is 101 Å². The lowest BCUT2D eigenvalue weighted by molar-refractivity contribution is 0.584. The average molecular weight is 394 g/mol. The van der Waals surface area contributed by atoms with Crippen LogP contribution in [0.2, 0.25) is 5.02 Å². The van der Waals surface area contributed by atoms with Crippen molar-refractivity contribution in [2.75, 3.05) is 5.32 Å². The maximum absolute atomic E-state index is 14.8. The first kappa shape index (κ1) is 17.0. The van der Waals surface area contributed by atoms with E-state index in [-0.39, 0.29) is 5.82 Å². The lowest BCUT2D eigenvalue weighted by atomic mass is 10.0. The Morgan fingerprint density at radius 3 is 2.50 bits per heavy atom. The summed E-state index contributed by atoms with van der Waals surface area (Å²) in [4.78, 5) is 4.65. The smallest absolute Gasteiger partial charge is 0.209 e. The van der Waals surface area contributed by atoms with E-state index in [0.717, 1.165) is 16.6 Å². The Labute approximate surface area is 164 Å². The standard InChI is InChI=1S/C22H14ClF2N3/c23-15-4-3-5-16(25)21(15)20-12-18(13-8-10-14(24)11-9-13)27-22-26-17-6-1-2-7-19(17)28(20)22/h1-12,20H,(H,26,27). The molecule has 1 atom stereocenters. The summed E-state index contributed by atoms with van der Waals surface area (Å²) in [5.41, 5.74) is 3.51. The molecule has 0 aliphatic carbocycles. The third-order valence-corrected chi connectivity index (χ3v) is 5.23. The van der Waals surface area contributed by atoms with E-state index in [9.17, 15) is 8.78 Å². The molecular weight excluding hydrogens is 380 g/mol. The van der Waals surface area contributed by atoms with E-state index >= 15 is 0 Å². The molecule has 2 heterocycles. The zero-order valence-corrected chi connectivity index (χ0v) is 15.3. The number of fused-ring (bicyclic) bond motifs is 3. The lowest BCUT2D eigenvalue weighted by Gasteiger charge is -2.27. The van der Waals surface area contributed by atoms with Crippen molar-refractivity contribution >= 4 is 34.3 Å². The molecule has 1 N–H and O–H groups in total. The number of para-hydroxylation sites is 2. The van der Waals surface area contributed by atoms with E-state index < -0.39 is 11.9 Å². The minimum Gasteiger partial charge on any atom is -0.325 e. The fourth-order valence-electron chi connectivity index (χ4n) is 3.61. The lowest BCUT2D eigenvalue weighted by Crippen LogP contribution is -2.20. The molecule has 3 nitrogen and oxygen atoms in total. The molecule has 0 bridgehead atoms. The van der Waals surface area contributed by atoms with Gasteiger partial charge in [-0.25, -0.2) is 13.8 Å². The molecule has 1 unspecified atom stereocenters. The molecule has 0 saturated heterocycles. The minimum absolute atomic E-state index is 0.318. The summed E-state index contributed by atoms with van der Waals surface area (Å²) in [6, 6.07) is 17.9. The highest BCUT2D eigenvalue weighted by molar-refractivity contribution is 6.31. The van der Waals surface area contributed by atoms with Gasteiger partial charge in [-0.15, -0.1) is 0 Å². The second kappa shape index (κ2) is 6.46. The minimum atomic E-state index is -0.502. The topological polar surface area (TPSA) is 29.9 Å². The van der Waals surface area contributed by atoms with E-state index in [4.69, 9.17) is 11.6 Å². The summed E-state index contributed by atoms with van der Waals surface area (Å²) in [5, 5.41) is 3.62. The Balaban J connectivity index is 1.77. The Morgan fingerprint density at radius 2 is 1.71 bits per heavy atom. The van der Waals surface area contributed by atoms with Crippen LogP contribution >= 0.6 is 11.6 Å². The number of halogens is 3. The summed E-state index contributed by atoms with van der Waals surface area (Å²) < 4.78 is 30.1. The summed E-state index contributed by atoms with van der Waals surface area (Å²) in [6.45, 7) is 0. The predicted octanol–water partition coefficient (Wildman–Crippen LogP) is 6.02. The van der Waals surface area contributed by atoms with Crippen LogP contribution in [0.1, 0.15) is 17.2 Å². The van der Waals surface area contributed by atoms with Gasteiger partial charge >= 0.3 is 0 Å². The summed E-state index contributed by atoms with van der Waals surface area (Å²) in [5.74, 6) is -0.133. The molecule has 1 aliphatic rings. The number of rotatable bonds is 2. The Bertz CT molecular complexity index is 1210. The summed E-state index contributed by atoms with van der Waals surface area (Å²) >= 11 is 6.39. The highest BCUT2D eigenvalue weighted by Gasteiger charge is 2.28. The number of nitrogens with zero attached hydrogens (tertiary/aromatic N) is 2. The molecule has 5 rings (SSSR count). The van der Waals surface area contributed by atoms with Gasteiger partial charge in [-0.1, -0.05) is 29.8 Å². The molecular formula is C22H14ClF2N3. The van der Waals surface area contributed by atoms with Crippen LogP contribution in [0, 0.1) is 11.6 Å². The van der Waals surface area contributed by atoms with Crippen LogP contribution in [0.25, 0.3) is 16.7 Å². The quantitative estimate of drug-likeness (QED) is 0.451. The number of anilines is 1. The summed E-state index contributed by atoms with van der Waals surface area (Å²) in [7, 11) is 0. The molecule has 28 heavy (non-hydrogen) atoms. The summed E-state index contributed by atoms with van der Waals surface area (Å²) in [6.07, 6.45) is 1.89. The van der Waals surface area contributed by atoms with Crippen molar-refractivity contribution in [3.8, 4) is 0 Å². The first-order chi connectivity index (χ1) is 13.6. The van der Waals surface area contributed by atoms with Gasteiger partial charge in [-0.2, -0.15) is 0 Å². The van der Waals surface area contributed by atoms with Gasteiger partial charge < -0.3 is 5.32 Å². The SMILES string of the molecule is Fc1ccc(C2=CC(c3c(F)cccc3Cl)n3c(nc4ccccc43)N2)cc1. The van der Waals surface area contributed by atoms with Crippen molar-refractivity contribution in [2.24, 2.45) is 0 Å². The Hall–Kier alpha value is -3.18. The first-order valence-corrected chi connectivity index (χ1v) is 9.15. The van der Waals surface area contributed by atoms with Crippen molar-refractivity contribution in [1.82, 2.24) is 9.55 Å². The molecule has 1 aliphatic heterocycles. The fourth-order valence-corrected chi connectivity index (χ4v) is 3.89. The Morgan fingerprint density at radius 1 is 0.929 bits per heavy atom. The maximum Gasteiger partial charge on any atom is 0.209 e. The molecule has 1 aromatic heterocycles. The highest BCUT2D eigenvalue weighted by Crippen LogP contribution is 2.39. The number of hydrogen-bond donors (Lipinski definition) is 1. The molecule has 0 radical (unpaired) electrons. The molecule has 0 amide bonds. The number of aromatic nitrogens is 2. The zero-order valence-electron chi connectivity index (χ0n) is 14.5. The number of imidazole rings is 1. The molecule has 0 fully saturated rings. The monoisotopic (exact) mass is 393 g/mol. The molecule has 0 spiro atoms. The van der Waals surface area contributed by atoms with Gasteiger partial charge in [-0.3, -0.25) is 4.57 Å². The first-order valence-electron chi connectivity index (χ1n) is 8.77. The second-order valence-electron chi connectivity index (χ2n) is 6.59. The van der Waals surface area contributed by atoms with Gasteiger partial charge in [0.2, 0.25) is 5.95 Å². The Kier molecular flexibility index (Phi) is 3.91. The van der Waals surface area contributed by atoms with E-state index in [0.29, 0.717) is 22.2 Å². The van der Waals surface area contributed by atoms with Crippen LogP contribution < -0.4 is 5.32 Å². The van der Waals surface area contributed by atoms with E-state index in [1.165, 1.54) is 18.2 Å². The molecule has 0 saturated carbocycles. The third kappa shape index (κ3) is 2.67. The molecule has 4 aromatic rings. The third-order valence-electron chi connectivity index (χ3n) is 4.90. The zero-order chi connectivity index (χ0) is 19.3. The van der Waals surface area contributed by atoms with Crippen LogP contribution in [0.5, 0.6) is 0 Å². The van der Waals surface area contributed by atoms with Crippen LogP contribution in [0.3, 0.4) is 0 Å². The number of benzene rings is 3. The fraction of sp³-hybridized carbons (Fsp3) is 0.0455. The van der Waals surface area contributed by atoms with Crippen molar-refractivity contribution in [1.29, 1.82) is 0 Å². The largest absolute Gasteiger partial charge is 0.325 e. The van der Waals surface area contributed by atoms with Crippen LogP contribution in [-0.4, -0.2) is 9.55 Å². The highest BCUT2D eigenvalue weighted by atomic mass is 35.5.